The molecule has 1 aliphatic heterocycles. The van der Waals surface area contributed by atoms with E-state index >= 15 is 0 Å². The molecule has 1 aromatic heterocycles. The highest BCUT2D eigenvalue weighted by molar-refractivity contribution is 5.14. The van der Waals surface area contributed by atoms with Crippen LogP contribution in [-0.4, -0.2) is 29.6 Å². The zero-order valence-corrected chi connectivity index (χ0v) is 13.2. The van der Waals surface area contributed by atoms with E-state index in [1.54, 1.807) is 6.20 Å². The van der Waals surface area contributed by atoms with E-state index in [1.807, 2.05) is 6.92 Å². The van der Waals surface area contributed by atoms with Crippen LogP contribution in [-0.2, 0) is 17.8 Å². The van der Waals surface area contributed by atoms with Crippen LogP contribution in [0.1, 0.15) is 30.1 Å². The Hall–Kier alpha value is -1.65. The van der Waals surface area contributed by atoms with E-state index in [2.05, 4.69) is 40.2 Å². The molecule has 1 fully saturated rings. The normalized spacial score (nSPS) is 16.3. The second-order valence-electron chi connectivity index (χ2n) is 6.08. The molecule has 1 aromatic carbocycles. The Bertz CT molecular complexity index is 561. The van der Waals surface area contributed by atoms with Crippen molar-refractivity contribution in [1.82, 2.24) is 9.88 Å². The Morgan fingerprint density at radius 3 is 2.59 bits per heavy atom. The summed E-state index contributed by atoms with van der Waals surface area (Å²) in [6.45, 7) is 6.49. The van der Waals surface area contributed by atoms with Crippen molar-refractivity contribution in [2.24, 2.45) is 5.92 Å². The number of hydrogen-bond acceptors (Lipinski definition) is 4. The molecule has 2 heterocycles. The lowest BCUT2D eigenvalue weighted by Crippen LogP contribution is -2.32. The number of ether oxygens (including phenoxy) is 1. The molecule has 2 aromatic rings. The van der Waals surface area contributed by atoms with E-state index in [9.17, 15) is 0 Å². The van der Waals surface area contributed by atoms with Crippen LogP contribution in [0.4, 0.5) is 0 Å². The van der Waals surface area contributed by atoms with E-state index in [4.69, 9.17) is 9.15 Å². The highest BCUT2D eigenvalue weighted by Gasteiger charge is 2.19. The summed E-state index contributed by atoms with van der Waals surface area (Å²) in [6.07, 6.45) is 4.09. The Morgan fingerprint density at radius 1 is 1.14 bits per heavy atom. The fourth-order valence-corrected chi connectivity index (χ4v) is 2.99. The minimum Gasteiger partial charge on any atom is -0.445 e. The molecule has 1 aliphatic rings. The van der Waals surface area contributed by atoms with Gasteiger partial charge in [0.15, 0.2) is 0 Å². The smallest absolute Gasteiger partial charge is 0.208 e. The predicted molar refractivity (Wildman–Crippen MR) is 85.3 cm³/mol. The Kier molecular flexibility index (Phi) is 5.24. The van der Waals surface area contributed by atoms with Gasteiger partial charge in [-0.05, 0) is 31.2 Å². The van der Waals surface area contributed by atoms with Crippen molar-refractivity contribution in [2.75, 3.05) is 19.8 Å². The summed E-state index contributed by atoms with van der Waals surface area (Å²) < 4.78 is 11.1. The van der Waals surface area contributed by atoms with Gasteiger partial charge in [-0.3, -0.25) is 4.90 Å². The van der Waals surface area contributed by atoms with E-state index < -0.39 is 0 Å². The molecular formula is C18H24N2O2. The molecule has 1 saturated heterocycles. The van der Waals surface area contributed by atoms with E-state index in [1.165, 1.54) is 5.56 Å². The van der Waals surface area contributed by atoms with Crippen LogP contribution >= 0.6 is 0 Å². The van der Waals surface area contributed by atoms with Crippen molar-refractivity contribution in [3.8, 4) is 0 Å². The lowest BCUT2D eigenvalue weighted by atomic mass is 9.99. The SMILES string of the molecule is Cc1cnc(CN(Cc2ccccc2)CC2CCOCC2)o1. The second kappa shape index (κ2) is 7.56. The summed E-state index contributed by atoms with van der Waals surface area (Å²) in [5, 5.41) is 0. The fraction of sp³-hybridized carbons (Fsp3) is 0.500. The van der Waals surface area contributed by atoms with Gasteiger partial charge in [0.05, 0.1) is 12.7 Å². The number of rotatable bonds is 6. The summed E-state index contributed by atoms with van der Waals surface area (Å²) >= 11 is 0. The van der Waals surface area contributed by atoms with Crippen LogP contribution in [0.5, 0.6) is 0 Å². The molecule has 4 nitrogen and oxygen atoms in total. The standard InChI is InChI=1S/C18H24N2O2/c1-15-11-19-18(22-15)14-20(12-16-5-3-2-4-6-16)13-17-7-9-21-10-8-17/h2-6,11,17H,7-10,12-14H2,1H3. The van der Waals surface area contributed by atoms with Crippen LogP contribution in [0.15, 0.2) is 40.9 Å². The first-order valence-corrected chi connectivity index (χ1v) is 8.05. The Morgan fingerprint density at radius 2 is 1.91 bits per heavy atom. The van der Waals surface area contributed by atoms with Gasteiger partial charge in [-0.15, -0.1) is 0 Å². The van der Waals surface area contributed by atoms with Crippen molar-refractivity contribution in [3.63, 3.8) is 0 Å². The van der Waals surface area contributed by atoms with Crippen molar-refractivity contribution < 1.29 is 9.15 Å². The highest BCUT2D eigenvalue weighted by atomic mass is 16.5. The zero-order valence-electron chi connectivity index (χ0n) is 13.2. The maximum absolute atomic E-state index is 5.66. The number of aromatic nitrogens is 1. The monoisotopic (exact) mass is 300 g/mol. The predicted octanol–water partition coefficient (Wildman–Crippen LogP) is 3.41. The average Bonchev–Trinajstić information content (AvgIpc) is 2.94. The third-order valence-electron chi connectivity index (χ3n) is 4.13. The first kappa shape index (κ1) is 15.3. The van der Waals surface area contributed by atoms with E-state index in [0.717, 1.165) is 57.3 Å². The van der Waals surface area contributed by atoms with E-state index in [-0.39, 0.29) is 0 Å². The van der Waals surface area contributed by atoms with Gasteiger partial charge in [0.2, 0.25) is 5.89 Å². The van der Waals surface area contributed by atoms with E-state index in [0.29, 0.717) is 5.92 Å². The summed E-state index contributed by atoms with van der Waals surface area (Å²) in [5.74, 6) is 2.38. The molecule has 4 heteroatoms. The number of hydrogen-bond donors (Lipinski definition) is 0. The number of oxazole rings is 1. The molecule has 0 spiro atoms. The molecule has 0 amide bonds. The molecule has 0 bridgehead atoms. The van der Waals surface area contributed by atoms with Crippen LogP contribution < -0.4 is 0 Å². The molecule has 118 valence electrons. The minimum absolute atomic E-state index is 0.702. The highest BCUT2D eigenvalue weighted by Crippen LogP contribution is 2.19. The number of aryl methyl sites for hydroxylation is 1. The summed E-state index contributed by atoms with van der Waals surface area (Å²) in [4.78, 5) is 6.80. The quantitative estimate of drug-likeness (QED) is 0.819. The van der Waals surface area contributed by atoms with Crippen LogP contribution in [0.3, 0.4) is 0 Å². The minimum atomic E-state index is 0.702. The van der Waals surface area contributed by atoms with Crippen molar-refractivity contribution in [2.45, 2.75) is 32.9 Å². The maximum Gasteiger partial charge on any atom is 0.208 e. The molecule has 0 N–H and O–H groups in total. The summed E-state index contributed by atoms with van der Waals surface area (Å²) in [5.41, 5.74) is 1.33. The number of nitrogens with zero attached hydrogens (tertiary/aromatic N) is 2. The van der Waals surface area contributed by atoms with Crippen LogP contribution in [0, 0.1) is 12.8 Å². The Labute approximate surface area is 132 Å². The van der Waals surface area contributed by atoms with Gasteiger partial charge in [-0.25, -0.2) is 4.98 Å². The van der Waals surface area contributed by atoms with Gasteiger partial charge in [-0.1, -0.05) is 30.3 Å². The molecule has 0 atom stereocenters. The third kappa shape index (κ3) is 4.42. The molecule has 0 unspecified atom stereocenters. The number of benzene rings is 1. The van der Waals surface area contributed by atoms with Crippen molar-refractivity contribution in [1.29, 1.82) is 0 Å². The van der Waals surface area contributed by atoms with Crippen LogP contribution in [0.25, 0.3) is 0 Å². The lowest BCUT2D eigenvalue weighted by molar-refractivity contribution is 0.0488. The topological polar surface area (TPSA) is 38.5 Å². The first-order chi connectivity index (χ1) is 10.8. The molecule has 0 aliphatic carbocycles. The fourth-order valence-electron chi connectivity index (χ4n) is 2.99. The molecule has 22 heavy (non-hydrogen) atoms. The lowest BCUT2D eigenvalue weighted by Gasteiger charge is -2.29. The summed E-state index contributed by atoms with van der Waals surface area (Å²) in [6, 6.07) is 10.6. The second-order valence-corrected chi connectivity index (χ2v) is 6.08. The molecular weight excluding hydrogens is 276 g/mol. The average molecular weight is 300 g/mol. The molecule has 3 rings (SSSR count). The van der Waals surface area contributed by atoms with Crippen molar-refractivity contribution in [3.05, 3.63) is 53.7 Å². The van der Waals surface area contributed by atoms with Gasteiger partial charge < -0.3 is 9.15 Å². The van der Waals surface area contributed by atoms with Gasteiger partial charge in [0.1, 0.15) is 5.76 Å². The van der Waals surface area contributed by atoms with Gasteiger partial charge >= 0.3 is 0 Å². The van der Waals surface area contributed by atoms with Crippen LogP contribution in [0.2, 0.25) is 0 Å². The maximum atomic E-state index is 5.66. The van der Waals surface area contributed by atoms with Gasteiger partial charge in [0.25, 0.3) is 0 Å². The summed E-state index contributed by atoms with van der Waals surface area (Å²) in [7, 11) is 0. The largest absolute Gasteiger partial charge is 0.445 e. The van der Waals surface area contributed by atoms with Gasteiger partial charge in [0, 0.05) is 26.3 Å². The molecule has 0 saturated carbocycles. The Balaban J connectivity index is 1.66. The van der Waals surface area contributed by atoms with Crippen molar-refractivity contribution >= 4 is 0 Å². The molecule has 0 radical (unpaired) electrons. The van der Waals surface area contributed by atoms with Gasteiger partial charge in [-0.2, -0.15) is 0 Å². The first-order valence-electron chi connectivity index (χ1n) is 8.05. The third-order valence-corrected chi connectivity index (χ3v) is 4.13. The zero-order chi connectivity index (χ0) is 15.2.